The van der Waals surface area contributed by atoms with Gasteiger partial charge in [-0.15, -0.1) is 11.3 Å². The lowest BCUT2D eigenvalue weighted by Gasteiger charge is -2.38. The third-order valence-electron chi connectivity index (χ3n) is 10.4. The minimum absolute atomic E-state index is 0.0321. The van der Waals surface area contributed by atoms with Gasteiger partial charge >= 0.3 is 18.0 Å². The van der Waals surface area contributed by atoms with E-state index in [9.17, 15) is 23.9 Å². The molecule has 7 rings (SSSR count). The monoisotopic (exact) mass is 670 g/mol. The molecule has 244 valence electrons. The van der Waals surface area contributed by atoms with E-state index in [1.54, 1.807) is 19.2 Å². The van der Waals surface area contributed by atoms with Crippen molar-refractivity contribution in [3.63, 3.8) is 0 Å². The summed E-state index contributed by atoms with van der Waals surface area (Å²) >= 11 is 7.93. The van der Waals surface area contributed by atoms with Crippen molar-refractivity contribution in [1.82, 2.24) is 25.0 Å². The molecule has 2 saturated carbocycles. The summed E-state index contributed by atoms with van der Waals surface area (Å²) in [6.07, 6.45) is 5.99. The molecule has 14 heteroatoms. The van der Waals surface area contributed by atoms with E-state index < -0.39 is 23.8 Å². The summed E-state index contributed by atoms with van der Waals surface area (Å²) < 4.78 is 19.6. The van der Waals surface area contributed by atoms with Crippen LogP contribution in [-0.4, -0.2) is 99.5 Å². The van der Waals surface area contributed by atoms with Crippen LogP contribution < -0.4 is 5.32 Å². The Balaban J connectivity index is 1.15. The number of carboxylic acid groups (broad SMARTS) is 1. The van der Waals surface area contributed by atoms with Gasteiger partial charge in [0.25, 0.3) is 0 Å². The Morgan fingerprint density at radius 2 is 2.02 bits per heavy atom. The molecule has 2 bridgehead atoms. The molecular weight excluding hydrogens is 635 g/mol. The highest BCUT2D eigenvalue weighted by molar-refractivity contribution is 7.11. The fourth-order valence-electron chi connectivity index (χ4n) is 8.33. The van der Waals surface area contributed by atoms with Crippen molar-refractivity contribution in [2.75, 3.05) is 39.3 Å². The van der Waals surface area contributed by atoms with Gasteiger partial charge in [-0.2, -0.15) is 0 Å². The number of fused-ring (bicyclic) bond motifs is 3. The van der Waals surface area contributed by atoms with Gasteiger partial charge in [0, 0.05) is 66.1 Å². The summed E-state index contributed by atoms with van der Waals surface area (Å²) in [5.41, 5.74) is 0.910. The summed E-state index contributed by atoms with van der Waals surface area (Å²) in [4.78, 5) is 54.4. The number of carboxylic acids is 1. The molecule has 2 atom stereocenters. The maximum atomic E-state index is 14.0. The van der Waals surface area contributed by atoms with Gasteiger partial charge < -0.3 is 25.0 Å². The number of aliphatic imine (C=N–C) groups is 1. The number of carbonyl (C=O) groups excluding carboxylic acids is 2. The Morgan fingerprint density at radius 1 is 1.22 bits per heavy atom. The van der Waals surface area contributed by atoms with Crippen LogP contribution >= 0.6 is 22.9 Å². The molecule has 0 spiro atoms. The average Bonchev–Trinajstić information content (AvgIpc) is 3.81. The Kier molecular flexibility index (Phi) is 8.05. The molecule has 11 nitrogen and oxygen atoms in total. The lowest BCUT2D eigenvalue weighted by atomic mass is 9.81. The van der Waals surface area contributed by atoms with Crippen molar-refractivity contribution in [2.24, 2.45) is 10.4 Å². The second-order valence-electron chi connectivity index (χ2n) is 13.1. The van der Waals surface area contributed by atoms with Crippen molar-refractivity contribution in [1.29, 1.82) is 0 Å². The van der Waals surface area contributed by atoms with Gasteiger partial charge in [0.2, 0.25) is 0 Å². The second-order valence-corrected chi connectivity index (χ2v) is 14.4. The highest BCUT2D eigenvalue weighted by atomic mass is 35.5. The summed E-state index contributed by atoms with van der Waals surface area (Å²) in [6.45, 7) is 4.59. The number of thiazole rings is 1. The summed E-state index contributed by atoms with van der Waals surface area (Å²) in [5.74, 6) is -1.31. The molecule has 5 aliphatic rings. The van der Waals surface area contributed by atoms with Gasteiger partial charge in [0.05, 0.1) is 24.6 Å². The van der Waals surface area contributed by atoms with E-state index in [4.69, 9.17) is 21.3 Å². The first-order valence-electron chi connectivity index (χ1n) is 15.7. The number of aliphatic carboxylic acids is 1. The lowest BCUT2D eigenvalue weighted by molar-refractivity contribution is -0.140. The van der Waals surface area contributed by atoms with Crippen molar-refractivity contribution in [3.8, 4) is 0 Å². The number of carbonyl (C=O) groups is 3. The third-order valence-corrected chi connectivity index (χ3v) is 11.5. The van der Waals surface area contributed by atoms with E-state index in [1.807, 2.05) is 15.2 Å². The van der Waals surface area contributed by atoms with Crippen molar-refractivity contribution in [3.05, 3.63) is 62.5 Å². The number of urea groups is 1. The van der Waals surface area contributed by atoms with E-state index in [-0.39, 0.29) is 41.1 Å². The Morgan fingerprint density at radius 3 is 2.72 bits per heavy atom. The van der Waals surface area contributed by atoms with Crippen molar-refractivity contribution < 1.29 is 28.6 Å². The van der Waals surface area contributed by atoms with E-state index in [1.165, 1.54) is 23.5 Å². The number of piperazine rings is 1. The molecule has 0 unspecified atom stereocenters. The highest BCUT2D eigenvalue weighted by Crippen LogP contribution is 2.61. The van der Waals surface area contributed by atoms with Crippen LogP contribution in [0, 0.1) is 11.2 Å². The van der Waals surface area contributed by atoms with Gasteiger partial charge in [-0.3, -0.25) is 14.7 Å². The number of amidine groups is 1. The molecular formula is C32H36ClFN6O5S. The third kappa shape index (κ3) is 5.45. The number of rotatable bonds is 9. The smallest absolute Gasteiger partial charge is 0.338 e. The van der Waals surface area contributed by atoms with Gasteiger partial charge in [-0.25, -0.2) is 19.0 Å². The van der Waals surface area contributed by atoms with Crippen molar-refractivity contribution >= 4 is 46.7 Å². The molecule has 1 aromatic heterocycles. The molecule has 46 heavy (non-hydrogen) atoms. The number of nitrogens with zero attached hydrogens (tertiary/aromatic N) is 5. The molecule has 1 aromatic carbocycles. The summed E-state index contributed by atoms with van der Waals surface area (Å²) in [5, 5.41) is 15.5. The second kappa shape index (κ2) is 11.9. The van der Waals surface area contributed by atoms with E-state index >= 15 is 0 Å². The number of hydrogen-bond acceptors (Lipinski definition) is 9. The molecule has 0 radical (unpaired) electrons. The van der Waals surface area contributed by atoms with Gasteiger partial charge in [-0.1, -0.05) is 17.7 Å². The van der Waals surface area contributed by atoms with Crippen LogP contribution in [0.4, 0.5) is 9.18 Å². The predicted octanol–water partition coefficient (Wildman–Crippen LogP) is 4.44. The average molecular weight is 671 g/mol. The van der Waals surface area contributed by atoms with E-state index in [2.05, 4.69) is 15.2 Å². The molecule has 3 aliphatic heterocycles. The van der Waals surface area contributed by atoms with Gasteiger partial charge in [0.15, 0.2) is 10.8 Å². The molecule has 2 aliphatic carbocycles. The maximum Gasteiger partial charge on any atom is 0.338 e. The van der Waals surface area contributed by atoms with E-state index in [0.29, 0.717) is 60.4 Å². The summed E-state index contributed by atoms with van der Waals surface area (Å²) in [7, 11) is 0. The molecule has 2 saturated heterocycles. The van der Waals surface area contributed by atoms with Crippen LogP contribution in [0.15, 0.2) is 46.0 Å². The van der Waals surface area contributed by atoms with Crippen LogP contribution in [0.5, 0.6) is 0 Å². The Labute approximate surface area is 275 Å². The Bertz CT molecular complexity index is 1620. The Hall–Kier alpha value is -3.55. The number of aromatic nitrogens is 1. The number of halogens is 2. The number of hydrogen-bond donors (Lipinski definition) is 2. The van der Waals surface area contributed by atoms with Crippen LogP contribution in [0.2, 0.25) is 5.02 Å². The van der Waals surface area contributed by atoms with Crippen LogP contribution in [0.1, 0.15) is 62.1 Å². The normalized spacial score (nSPS) is 29.2. The molecule has 2 aromatic rings. The first kappa shape index (κ1) is 31.1. The van der Waals surface area contributed by atoms with Crippen LogP contribution in [0.3, 0.4) is 0 Å². The molecule has 4 heterocycles. The first-order valence-corrected chi connectivity index (χ1v) is 17.0. The minimum atomic E-state index is -0.845. The fraction of sp³-hybridized carbons (Fsp3) is 0.531. The topological polar surface area (TPSA) is 128 Å². The molecule has 2 N–H and O–H groups in total. The van der Waals surface area contributed by atoms with Gasteiger partial charge in [0.1, 0.15) is 11.9 Å². The van der Waals surface area contributed by atoms with Gasteiger partial charge in [-0.05, 0) is 56.6 Å². The number of nitrogens with one attached hydrogen (secondary N) is 1. The largest absolute Gasteiger partial charge is 0.481 e. The first-order chi connectivity index (χ1) is 22.1. The molecule has 2 amide bonds. The van der Waals surface area contributed by atoms with E-state index in [0.717, 1.165) is 32.1 Å². The fourth-order valence-corrected chi connectivity index (χ4v) is 9.18. The number of ether oxygens (including phenoxy) is 1. The van der Waals surface area contributed by atoms with Crippen molar-refractivity contribution in [2.45, 2.75) is 63.1 Å². The summed E-state index contributed by atoms with van der Waals surface area (Å²) in [6, 6.07) is 3.22. The number of esters is 1. The SMILES string of the molecule is CCOC(=O)C1=C(CN2CCN3C(=O)N(C45CCC(CC(=O)O)(CC4)C5)C[C@@H]3C2)NC(c2nccs2)=N[C@H]1c1ccc(F)cc1Cl. The zero-order valence-corrected chi connectivity index (χ0v) is 27.1. The number of benzene rings is 1. The maximum absolute atomic E-state index is 14.0. The quantitative estimate of drug-likeness (QED) is 0.375. The standard InChI is InChI=1S/C32H36ClFN6O5S/c1-2-45-29(43)25-23(36-27(28-35-9-12-46-28)37-26(25)21-4-3-19(34)13-22(21)33)17-38-10-11-39-20(15-38)16-40(30(39)44)32-7-5-31(18-32,6-8-32)14-24(41)42/h3-4,9,12-13,20,26H,2,5-8,10-11,14-18H2,1H3,(H,36,37)(H,41,42)/t20-,26-,31?,32?/m0/s1. The zero-order valence-electron chi connectivity index (χ0n) is 25.5. The van der Waals surface area contributed by atoms with Crippen LogP contribution in [0.25, 0.3) is 0 Å². The predicted molar refractivity (Wildman–Crippen MR) is 169 cm³/mol. The lowest BCUT2D eigenvalue weighted by Crippen LogP contribution is -2.53. The number of amides is 2. The minimum Gasteiger partial charge on any atom is -0.481 e. The molecule has 4 fully saturated rings. The highest BCUT2D eigenvalue weighted by Gasteiger charge is 2.61. The zero-order chi connectivity index (χ0) is 32.2. The van der Waals surface area contributed by atoms with Crippen LogP contribution in [-0.2, 0) is 14.3 Å².